The van der Waals surface area contributed by atoms with Crippen LogP contribution in [0.5, 0.6) is 5.75 Å². The number of halogens is 1. The van der Waals surface area contributed by atoms with Gasteiger partial charge in [0.1, 0.15) is 11.6 Å². The predicted molar refractivity (Wildman–Crippen MR) is 83.1 cm³/mol. The van der Waals surface area contributed by atoms with Crippen molar-refractivity contribution in [1.29, 1.82) is 0 Å². The fourth-order valence-corrected chi connectivity index (χ4v) is 3.06. The fourth-order valence-electron chi connectivity index (χ4n) is 2.80. The van der Waals surface area contributed by atoms with Gasteiger partial charge in [0.15, 0.2) is 0 Å². The van der Waals surface area contributed by atoms with Crippen LogP contribution in [0.1, 0.15) is 30.5 Å². The number of fused-ring (bicyclic) bond motifs is 1. The Hall–Kier alpha value is -1.81. The lowest BCUT2D eigenvalue weighted by Crippen LogP contribution is -2.18. The standard InChI is InChI=1S/C16H17ClN2O2/c1-21-13-9-5-7-11(17)14(13)15-18-12-8-4-2-3-6-10(12)16(20)19-15/h5,7,9H,2-4,6,8H2,1H3,(H,18,19,20). The van der Waals surface area contributed by atoms with Crippen molar-refractivity contribution < 1.29 is 4.74 Å². The molecule has 3 rings (SSSR count). The summed E-state index contributed by atoms with van der Waals surface area (Å²) in [5.74, 6) is 1.10. The van der Waals surface area contributed by atoms with Gasteiger partial charge in [0.05, 0.1) is 23.4 Å². The van der Waals surface area contributed by atoms with Gasteiger partial charge in [-0.2, -0.15) is 0 Å². The maximum Gasteiger partial charge on any atom is 0.254 e. The highest BCUT2D eigenvalue weighted by Gasteiger charge is 2.18. The summed E-state index contributed by atoms with van der Waals surface area (Å²) in [5.41, 5.74) is 2.31. The van der Waals surface area contributed by atoms with Crippen molar-refractivity contribution in [3.05, 3.63) is 44.8 Å². The van der Waals surface area contributed by atoms with Gasteiger partial charge in [0.25, 0.3) is 5.56 Å². The zero-order chi connectivity index (χ0) is 14.8. The number of aryl methyl sites for hydroxylation is 1. The van der Waals surface area contributed by atoms with Crippen LogP contribution in [0, 0.1) is 0 Å². The van der Waals surface area contributed by atoms with E-state index in [1.165, 1.54) is 0 Å². The molecule has 4 nitrogen and oxygen atoms in total. The SMILES string of the molecule is COc1cccc(Cl)c1-c1nc2c(c(=O)[nH]1)CCCCC2. The van der Waals surface area contributed by atoms with Crippen LogP contribution in [0.3, 0.4) is 0 Å². The van der Waals surface area contributed by atoms with Gasteiger partial charge in [-0.15, -0.1) is 0 Å². The number of methoxy groups -OCH3 is 1. The number of ether oxygens (including phenoxy) is 1. The van der Waals surface area contributed by atoms with Crippen LogP contribution in [-0.4, -0.2) is 17.1 Å². The summed E-state index contributed by atoms with van der Waals surface area (Å²) >= 11 is 6.27. The Morgan fingerprint density at radius 1 is 1.24 bits per heavy atom. The second-order valence-electron chi connectivity index (χ2n) is 5.22. The molecule has 21 heavy (non-hydrogen) atoms. The van der Waals surface area contributed by atoms with Gasteiger partial charge in [-0.25, -0.2) is 4.98 Å². The van der Waals surface area contributed by atoms with Crippen LogP contribution in [0.2, 0.25) is 5.02 Å². The lowest BCUT2D eigenvalue weighted by atomic mass is 10.1. The first-order valence-corrected chi connectivity index (χ1v) is 7.53. The summed E-state index contributed by atoms with van der Waals surface area (Å²) in [4.78, 5) is 19.9. The van der Waals surface area contributed by atoms with E-state index in [4.69, 9.17) is 16.3 Å². The first-order valence-electron chi connectivity index (χ1n) is 7.15. The molecule has 0 atom stereocenters. The maximum absolute atomic E-state index is 12.3. The summed E-state index contributed by atoms with van der Waals surface area (Å²) in [5, 5.41) is 0.520. The normalized spacial score (nSPS) is 14.4. The number of H-pyrrole nitrogens is 1. The van der Waals surface area contributed by atoms with Crippen LogP contribution in [0.4, 0.5) is 0 Å². The van der Waals surface area contributed by atoms with Crippen molar-refractivity contribution in [2.45, 2.75) is 32.1 Å². The summed E-state index contributed by atoms with van der Waals surface area (Å²) < 4.78 is 5.34. The third-order valence-corrected chi connectivity index (χ3v) is 4.19. The lowest BCUT2D eigenvalue weighted by Gasteiger charge is -2.12. The molecule has 1 N–H and O–H groups in total. The number of nitrogens with zero attached hydrogens (tertiary/aromatic N) is 1. The van der Waals surface area contributed by atoms with Gasteiger partial charge in [-0.1, -0.05) is 24.1 Å². The maximum atomic E-state index is 12.3. The Morgan fingerprint density at radius 3 is 2.86 bits per heavy atom. The average molecular weight is 305 g/mol. The number of nitrogens with one attached hydrogen (secondary N) is 1. The molecule has 0 spiro atoms. The molecule has 0 bridgehead atoms. The summed E-state index contributed by atoms with van der Waals surface area (Å²) in [6.45, 7) is 0. The Balaban J connectivity index is 2.19. The molecule has 0 aliphatic heterocycles. The molecule has 1 heterocycles. The third kappa shape index (κ3) is 2.68. The van der Waals surface area contributed by atoms with E-state index in [0.717, 1.165) is 43.4 Å². The fraction of sp³-hybridized carbons (Fsp3) is 0.375. The molecule has 2 aromatic rings. The van der Waals surface area contributed by atoms with Gasteiger partial charge in [-0.05, 0) is 37.8 Å². The van der Waals surface area contributed by atoms with Crippen molar-refractivity contribution in [2.75, 3.05) is 7.11 Å². The molecule has 0 fully saturated rings. The topological polar surface area (TPSA) is 55.0 Å². The summed E-state index contributed by atoms with van der Waals surface area (Å²) in [6, 6.07) is 5.39. The predicted octanol–water partition coefficient (Wildman–Crippen LogP) is 3.37. The molecule has 110 valence electrons. The molecule has 1 aromatic carbocycles. The Bertz CT molecular complexity index is 725. The minimum absolute atomic E-state index is 0.0566. The number of hydrogen-bond acceptors (Lipinski definition) is 3. The number of benzene rings is 1. The number of aromatic amines is 1. The molecule has 0 saturated carbocycles. The van der Waals surface area contributed by atoms with E-state index in [2.05, 4.69) is 9.97 Å². The van der Waals surface area contributed by atoms with Crippen LogP contribution >= 0.6 is 11.6 Å². The average Bonchev–Trinajstić information content (AvgIpc) is 2.72. The molecule has 1 aliphatic rings. The molecular weight excluding hydrogens is 288 g/mol. The smallest absolute Gasteiger partial charge is 0.254 e. The van der Waals surface area contributed by atoms with Crippen LogP contribution in [0.15, 0.2) is 23.0 Å². The second-order valence-corrected chi connectivity index (χ2v) is 5.62. The third-order valence-electron chi connectivity index (χ3n) is 3.87. The van der Waals surface area contributed by atoms with E-state index >= 15 is 0 Å². The first kappa shape index (κ1) is 14.1. The number of rotatable bonds is 2. The van der Waals surface area contributed by atoms with E-state index in [1.54, 1.807) is 13.2 Å². The zero-order valence-electron chi connectivity index (χ0n) is 11.9. The molecule has 5 heteroatoms. The molecular formula is C16H17ClN2O2. The number of aromatic nitrogens is 2. The van der Waals surface area contributed by atoms with Crippen molar-refractivity contribution in [1.82, 2.24) is 9.97 Å². The zero-order valence-corrected chi connectivity index (χ0v) is 12.7. The van der Waals surface area contributed by atoms with Crippen LogP contribution < -0.4 is 10.3 Å². The van der Waals surface area contributed by atoms with Crippen molar-refractivity contribution in [2.24, 2.45) is 0 Å². The monoisotopic (exact) mass is 304 g/mol. The van der Waals surface area contributed by atoms with Crippen LogP contribution in [-0.2, 0) is 12.8 Å². The number of hydrogen-bond donors (Lipinski definition) is 1. The molecule has 0 radical (unpaired) electrons. The van der Waals surface area contributed by atoms with Gasteiger partial charge in [0, 0.05) is 5.56 Å². The highest BCUT2D eigenvalue weighted by Crippen LogP contribution is 2.34. The Labute approximate surface area is 128 Å². The van der Waals surface area contributed by atoms with Gasteiger partial charge < -0.3 is 9.72 Å². The van der Waals surface area contributed by atoms with E-state index in [-0.39, 0.29) is 5.56 Å². The minimum atomic E-state index is -0.0566. The molecule has 0 saturated heterocycles. The van der Waals surface area contributed by atoms with E-state index in [1.807, 2.05) is 12.1 Å². The van der Waals surface area contributed by atoms with Crippen molar-refractivity contribution in [3.8, 4) is 17.1 Å². The summed E-state index contributed by atoms with van der Waals surface area (Å²) in [7, 11) is 1.58. The summed E-state index contributed by atoms with van der Waals surface area (Å²) in [6.07, 6.45) is 4.91. The van der Waals surface area contributed by atoms with Crippen molar-refractivity contribution in [3.63, 3.8) is 0 Å². The molecule has 1 aromatic heterocycles. The van der Waals surface area contributed by atoms with Crippen molar-refractivity contribution >= 4 is 11.6 Å². The highest BCUT2D eigenvalue weighted by molar-refractivity contribution is 6.33. The first-order chi connectivity index (χ1) is 10.2. The minimum Gasteiger partial charge on any atom is -0.496 e. The van der Waals surface area contributed by atoms with E-state index in [0.29, 0.717) is 22.2 Å². The Morgan fingerprint density at radius 2 is 2.05 bits per heavy atom. The van der Waals surface area contributed by atoms with Crippen LogP contribution in [0.25, 0.3) is 11.4 Å². The Kier molecular flexibility index (Phi) is 3.97. The molecule has 0 unspecified atom stereocenters. The van der Waals surface area contributed by atoms with Gasteiger partial charge in [-0.3, -0.25) is 4.79 Å². The molecule has 1 aliphatic carbocycles. The second kappa shape index (κ2) is 5.90. The highest BCUT2D eigenvalue weighted by atomic mass is 35.5. The van der Waals surface area contributed by atoms with Gasteiger partial charge >= 0.3 is 0 Å². The lowest BCUT2D eigenvalue weighted by molar-refractivity contribution is 0.416. The quantitative estimate of drug-likeness (QED) is 0.866. The van der Waals surface area contributed by atoms with E-state index < -0.39 is 0 Å². The van der Waals surface area contributed by atoms with Gasteiger partial charge in [0.2, 0.25) is 0 Å². The van der Waals surface area contributed by atoms with E-state index in [9.17, 15) is 4.79 Å². The molecule has 0 amide bonds. The largest absolute Gasteiger partial charge is 0.496 e.